The molecule has 3 rings (SSSR count). The fraction of sp³-hybridized carbons (Fsp3) is 0. The van der Waals surface area contributed by atoms with E-state index in [9.17, 15) is 0 Å². The van der Waals surface area contributed by atoms with E-state index >= 15 is 0 Å². The minimum atomic E-state index is 0.217. The molecule has 1 aromatic carbocycles. The summed E-state index contributed by atoms with van der Waals surface area (Å²) < 4.78 is 2.71. The maximum Gasteiger partial charge on any atom is 0.224 e. The summed E-state index contributed by atoms with van der Waals surface area (Å²) in [7, 11) is 0. The van der Waals surface area contributed by atoms with E-state index in [1.807, 2.05) is 24.3 Å². The molecule has 0 radical (unpaired) electrons. The number of hydrogen-bond acceptors (Lipinski definition) is 3. The van der Waals surface area contributed by atoms with Crippen molar-refractivity contribution in [1.82, 2.24) is 19.7 Å². The maximum atomic E-state index is 5.79. The Hall–Kier alpha value is -1.46. The highest BCUT2D eigenvalue weighted by molar-refractivity contribution is 9.10. The van der Waals surface area contributed by atoms with Crippen LogP contribution >= 0.6 is 27.5 Å². The number of halogens is 2. The molecule has 0 N–H and O–H groups in total. The third-order valence-electron chi connectivity index (χ3n) is 2.33. The smallest absolute Gasteiger partial charge is 0.224 e. The molecule has 0 aliphatic rings. The van der Waals surface area contributed by atoms with Crippen LogP contribution in [0.15, 0.2) is 41.1 Å². The summed E-state index contributed by atoms with van der Waals surface area (Å²) in [5.74, 6) is 0. The third kappa shape index (κ3) is 1.92. The zero-order valence-corrected chi connectivity index (χ0v) is 10.9. The van der Waals surface area contributed by atoms with Crippen molar-refractivity contribution >= 4 is 38.6 Å². The van der Waals surface area contributed by atoms with Gasteiger partial charge in [0.05, 0.1) is 17.3 Å². The van der Waals surface area contributed by atoms with Crippen molar-refractivity contribution in [2.24, 2.45) is 0 Å². The van der Waals surface area contributed by atoms with Crippen LogP contribution in [-0.4, -0.2) is 19.7 Å². The molecular formula is C11H6BrClN4. The predicted octanol–water partition coefficient (Wildman–Crippen LogP) is 3.23. The van der Waals surface area contributed by atoms with Gasteiger partial charge in [-0.15, -0.1) is 0 Å². The second kappa shape index (κ2) is 4.09. The molecule has 6 heteroatoms. The van der Waals surface area contributed by atoms with Gasteiger partial charge in [0.1, 0.15) is 0 Å². The van der Waals surface area contributed by atoms with Crippen LogP contribution in [0.3, 0.4) is 0 Å². The molecule has 0 unspecified atom stereocenters. The third-order valence-corrected chi connectivity index (χ3v) is 3.01. The molecule has 17 heavy (non-hydrogen) atoms. The van der Waals surface area contributed by atoms with E-state index in [-0.39, 0.29) is 5.28 Å². The van der Waals surface area contributed by atoms with E-state index in [4.69, 9.17) is 11.6 Å². The molecule has 2 aromatic heterocycles. The van der Waals surface area contributed by atoms with Gasteiger partial charge in [0.25, 0.3) is 0 Å². The van der Waals surface area contributed by atoms with Gasteiger partial charge in [0.2, 0.25) is 5.28 Å². The first-order valence-electron chi connectivity index (χ1n) is 4.86. The van der Waals surface area contributed by atoms with Crippen molar-refractivity contribution in [3.05, 3.63) is 46.4 Å². The van der Waals surface area contributed by atoms with E-state index in [0.29, 0.717) is 5.65 Å². The molecule has 4 nitrogen and oxygen atoms in total. The van der Waals surface area contributed by atoms with Crippen LogP contribution in [0.2, 0.25) is 5.28 Å². The first kappa shape index (κ1) is 10.7. The van der Waals surface area contributed by atoms with Gasteiger partial charge >= 0.3 is 0 Å². The molecule has 2 heterocycles. The molecule has 0 atom stereocenters. The Morgan fingerprint density at radius 3 is 2.94 bits per heavy atom. The van der Waals surface area contributed by atoms with Gasteiger partial charge in [-0.1, -0.05) is 22.0 Å². The molecule has 0 bridgehead atoms. The van der Waals surface area contributed by atoms with Crippen molar-refractivity contribution < 1.29 is 0 Å². The molecule has 0 aliphatic heterocycles. The van der Waals surface area contributed by atoms with Crippen LogP contribution in [-0.2, 0) is 0 Å². The van der Waals surface area contributed by atoms with Gasteiger partial charge in [-0.3, -0.25) is 0 Å². The lowest BCUT2D eigenvalue weighted by Crippen LogP contribution is -1.97. The van der Waals surface area contributed by atoms with E-state index in [1.54, 1.807) is 17.1 Å². The van der Waals surface area contributed by atoms with E-state index in [0.717, 1.165) is 15.5 Å². The molecular weight excluding hydrogens is 304 g/mol. The first-order chi connectivity index (χ1) is 8.24. The Morgan fingerprint density at radius 2 is 2.12 bits per heavy atom. The standard InChI is InChI=1S/C11H6BrClN4/c12-8-2-1-3-9(4-8)17-10-7(6-15-17)5-14-11(13)16-10/h1-6H. The Kier molecular flexibility index (Phi) is 2.57. The summed E-state index contributed by atoms with van der Waals surface area (Å²) in [6.45, 7) is 0. The van der Waals surface area contributed by atoms with Gasteiger partial charge in [0.15, 0.2) is 5.65 Å². The predicted molar refractivity (Wildman–Crippen MR) is 69.4 cm³/mol. The summed E-state index contributed by atoms with van der Waals surface area (Å²) >= 11 is 9.22. The quantitative estimate of drug-likeness (QED) is 0.648. The number of aromatic nitrogens is 4. The Labute approximate surface area is 110 Å². The number of benzene rings is 1. The van der Waals surface area contributed by atoms with Crippen LogP contribution in [0.25, 0.3) is 16.7 Å². The monoisotopic (exact) mass is 308 g/mol. The zero-order valence-electron chi connectivity index (χ0n) is 8.51. The van der Waals surface area contributed by atoms with Gasteiger partial charge < -0.3 is 0 Å². The SMILES string of the molecule is Clc1ncc2cnn(-c3cccc(Br)c3)c2n1. The summed E-state index contributed by atoms with van der Waals surface area (Å²) in [6.07, 6.45) is 3.37. The molecule has 3 aromatic rings. The van der Waals surface area contributed by atoms with Crippen molar-refractivity contribution in [1.29, 1.82) is 0 Å². The van der Waals surface area contributed by atoms with Crippen LogP contribution in [0, 0.1) is 0 Å². The minimum Gasteiger partial charge on any atom is -0.226 e. The molecule has 84 valence electrons. The summed E-state index contributed by atoms with van der Waals surface area (Å²) in [6, 6.07) is 7.81. The van der Waals surface area contributed by atoms with Crippen LogP contribution in [0.5, 0.6) is 0 Å². The van der Waals surface area contributed by atoms with Crippen molar-refractivity contribution in [2.75, 3.05) is 0 Å². The van der Waals surface area contributed by atoms with Gasteiger partial charge in [0, 0.05) is 10.7 Å². The Bertz CT molecular complexity index is 695. The summed E-state index contributed by atoms with van der Waals surface area (Å²) in [5.41, 5.74) is 1.62. The van der Waals surface area contributed by atoms with Crippen molar-refractivity contribution in [3.8, 4) is 5.69 Å². The molecule has 0 saturated heterocycles. The second-order valence-corrected chi connectivity index (χ2v) is 4.71. The second-order valence-electron chi connectivity index (χ2n) is 3.45. The van der Waals surface area contributed by atoms with Crippen LogP contribution in [0.1, 0.15) is 0 Å². The van der Waals surface area contributed by atoms with E-state index < -0.39 is 0 Å². The van der Waals surface area contributed by atoms with E-state index in [2.05, 4.69) is 31.0 Å². The molecule has 0 saturated carbocycles. The number of rotatable bonds is 1. The molecule has 0 spiro atoms. The minimum absolute atomic E-state index is 0.217. The Morgan fingerprint density at radius 1 is 1.24 bits per heavy atom. The normalized spacial score (nSPS) is 10.9. The summed E-state index contributed by atoms with van der Waals surface area (Å²) in [4.78, 5) is 8.10. The molecule has 0 aliphatic carbocycles. The lowest BCUT2D eigenvalue weighted by Gasteiger charge is -2.02. The number of hydrogen-bond donors (Lipinski definition) is 0. The maximum absolute atomic E-state index is 5.79. The Balaban J connectivity index is 2.27. The van der Waals surface area contributed by atoms with Crippen LogP contribution in [0.4, 0.5) is 0 Å². The number of fused-ring (bicyclic) bond motifs is 1. The lowest BCUT2D eigenvalue weighted by molar-refractivity contribution is 0.894. The van der Waals surface area contributed by atoms with Gasteiger partial charge in [-0.25, -0.2) is 9.67 Å². The largest absolute Gasteiger partial charge is 0.226 e. The number of nitrogens with zero attached hydrogens (tertiary/aromatic N) is 4. The van der Waals surface area contributed by atoms with E-state index in [1.165, 1.54) is 0 Å². The highest BCUT2D eigenvalue weighted by atomic mass is 79.9. The molecule has 0 fully saturated rings. The molecule has 0 amide bonds. The van der Waals surface area contributed by atoms with Gasteiger partial charge in [-0.05, 0) is 29.8 Å². The van der Waals surface area contributed by atoms with Gasteiger partial charge in [-0.2, -0.15) is 10.1 Å². The lowest BCUT2D eigenvalue weighted by atomic mass is 10.3. The average molecular weight is 310 g/mol. The summed E-state index contributed by atoms with van der Waals surface area (Å²) in [5, 5.41) is 5.36. The van der Waals surface area contributed by atoms with Crippen molar-refractivity contribution in [2.45, 2.75) is 0 Å². The topological polar surface area (TPSA) is 43.6 Å². The average Bonchev–Trinajstić information content (AvgIpc) is 2.71. The highest BCUT2D eigenvalue weighted by Gasteiger charge is 2.07. The first-order valence-corrected chi connectivity index (χ1v) is 6.03. The van der Waals surface area contributed by atoms with Crippen LogP contribution < -0.4 is 0 Å². The fourth-order valence-electron chi connectivity index (χ4n) is 1.59. The zero-order chi connectivity index (χ0) is 11.8. The fourth-order valence-corrected chi connectivity index (χ4v) is 2.11. The van der Waals surface area contributed by atoms with Crippen molar-refractivity contribution in [3.63, 3.8) is 0 Å². The highest BCUT2D eigenvalue weighted by Crippen LogP contribution is 2.19.